The standard InChI is InChI=1S/2C21H21O4PS.4Y/c2*1-14-5-10-20(11-6-14)27-21(25-26(22,23)24)16(3)17-8-9-18-12-15(2)4-7-19(18)13-17;;;;/h2*4-13H,1-3H3,(H2,22,23,24);;;;/b21-16+;21-16-;;;;. The summed E-state index contributed by atoms with van der Waals surface area (Å²) in [6, 6.07) is 39.7. The molecule has 0 bridgehead atoms. The molecule has 8 nitrogen and oxygen atoms in total. The normalized spacial score (nSPS) is 11.9. The molecular weight excluding hydrogens is 1110 g/mol. The number of allylic oxidation sites excluding steroid dienone is 2. The maximum Gasteiger partial charge on any atom is 0.525 e. The average Bonchev–Trinajstić information content (AvgIpc) is 3.11. The molecule has 16 heteroatoms. The van der Waals surface area contributed by atoms with E-state index in [1.165, 1.54) is 34.7 Å². The molecule has 0 fully saturated rings. The van der Waals surface area contributed by atoms with E-state index < -0.39 is 15.6 Å². The van der Waals surface area contributed by atoms with Gasteiger partial charge in [-0.25, -0.2) is 9.13 Å². The van der Waals surface area contributed by atoms with Gasteiger partial charge in [0.2, 0.25) is 0 Å². The van der Waals surface area contributed by atoms with E-state index in [4.69, 9.17) is 9.05 Å². The number of hydrogen-bond acceptors (Lipinski definition) is 6. The number of benzene rings is 6. The Labute approximate surface area is 450 Å². The van der Waals surface area contributed by atoms with E-state index in [9.17, 15) is 28.7 Å². The topological polar surface area (TPSA) is 134 Å². The third-order valence-electron chi connectivity index (χ3n) is 8.34. The molecule has 4 N–H and O–H groups in total. The fourth-order valence-corrected chi connectivity index (χ4v) is 8.50. The third kappa shape index (κ3) is 17.8. The molecule has 0 spiro atoms. The van der Waals surface area contributed by atoms with Crippen molar-refractivity contribution in [2.75, 3.05) is 0 Å². The second-order valence-corrected chi connectivity index (χ2v) is 17.4. The predicted molar refractivity (Wildman–Crippen MR) is 223 cm³/mol. The van der Waals surface area contributed by atoms with Gasteiger partial charge in [-0.15, -0.1) is 0 Å². The van der Waals surface area contributed by atoms with Gasteiger partial charge in [-0.2, -0.15) is 0 Å². The molecule has 0 saturated heterocycles. The molecule has 0 aromatic heterocycles. The van der Waals surface area contributed by atoms with Crippen LogP contribution in [0.15, 0.2) is 141 Å². The van der Waals surface area contributed by atoms with Gasteiger partial charge in [0, 0.05) is 152 Å². The van der Waals surface area contributed by atoms with Gasteiger partial charge in [0.1, 0.15) is 0 Å². The molecule has 6 rings (SSSR count). The van der Waals surface area contributed by atoms with E-state index in [0.717, 1.165) is 53.6 Å². The summed E-state index contributed by atoms with van der Waals surface area (Å²) in [5, 5.41) is 4.75. The number of thioether (sulfide) groups is 2. The first-order chi connectivity index (χ1) is 25.4. The minimum Gasteiger partial charge on any atom is -0.397 e. The summed E-state index contributed by atoms with van der Waals surface area (Å²) in [6.45, 7) is 11.7. The molecule has 292 valence electrons. The van der Waals surface area contributed by atoms with E-state index in [-0.39, 0.29) is 141 Å². The zero-order valence-corrected chi connectivity index (χ0v) is 47.8. The van der Waals surface area contributed by atoms with Gasteiger partial charge in [-0.05, 0) is 111 Å². The van der Waals surface area contributed by atoms with E-state index >= 15 is 0 Å². The van der Waals surface area contributed by atoms with Crippen molar-refractivity contribution in [2.45, 2.75) is 51.3 Å². The van der Waals surface area contributed by atoms with E-state index in [0.29, 0.717) is 11.1 Å². The Bertz CT molecular complexity index is 2300. The first-order valence-corrected chi connectivity index (χ1v) is 21.5. The Kier molecular flexibility index (Phi) is 24.9. The summed E-state index contributed by atoms with van der Waals surface area (Å²) in [5.41, 5.74) is 7.65. The van der Waals surface area contributed by atoms with Crippen molar-refractivity contribution in [3.63, 3.8) is 0 Å². The SMILES string of the molecule is C/C(=C(/OP(=O)(O)O)Sc1ccc(C)cc1)c1ccc2cc(C)ccc2c1.C/C(=C(\OP(=O)(O)O)Sc1ccc(C)cc1)c1ccc2cc(C)ccc2c1.[Y].[Y].[Y].[Y]. The molecule has 6 aromatic rings. The number of aryl methyl sites for hydroxylation is 4. The van der Waals surface area contributed by atoms with Crippen LogP contribution in [0.5, 0.6) is 0 Å². The van der Waals surface area contributed by atoms with Crippen LogP contribution < -0.4 is 0 Å². The van der Waals surface area contributed by atoms with Gasteiger partial charge in [0.05, 0.1) is 0 Å². The minimum absolute atomic E-state index is 0. The van der Waals surface area contributed by atoms with Crippen LogP contribution in [-0.4, -0.2) is 19.6 Å². The van der Waals surface area contributed by atoms with Crippen LogP contribution >= 0.6 is 39.2 Å². The number of hydrogen-bond donors (Lipinski definition) is 4. The maximum atomic E-state index is 11.5. The second kappa shape index (κ2) is 25.6. The summed E-state index contributed by atoms with van der Waals surface area (Å²) in [4.78, 5) is 39.1. The molecule has 0 atom stereocenters. The van der Waals surface area contributed by atoms with Crippen molar-refractivity contribution in [1.29, 1.82) is 0 Å². The fraction of sp³-hybridized carbons (Fsp3) is 0.143. The van der Waals surface area contributed by atoms with Gasteiger partial charge in [-0.1, -0.05) is 131 Å². The van der Waals surface area contributed by atoms with Crippen LogP contribution in [0.3, 0.4) is 0 Å². The quantitative estimate of drug-likeness (QED) is 0.0597. The van der Waals surface area contributed by atoms with Gasteiger partial charge in [0.25, 0.3) is 0 Å². The summed E-state index contributed by atoms with van der Waals surface area (Å²) in [7, 11) is -9.35. The Hall–Kier alpha value is 0.336. The number of phosphoric ester groups is 2. The van der Waals surface area contributed by atoms with Crippen molar-refractivity contribution in [3.8, 4) is 0 Å². The van der Waals surface area contributed by atoms with Gasteiger partial charge < -0.3 is 9.05 Å². The largest absolute Gasteiger partial charge is 0.525 e. The first kappa shape index (κ1) is 56.4. The smallest absolute Gasteiger partial charge is 0.397 e. The molecule has 0 aliphatic carbocycles. The van der Waals surface area contributed by atoms with Crippen molar-refractivity contribution >= 4 is 71.9 Å². The molecule has 0 aliphatic rings. The third-order valence-corrected chi connectivity index (χ3v) is 11.6. The van der Waals surface area contributed by atoms with Crippen molar-refractivity contribution < 1.29 is 169 Å². The Morgan fingerprint density at radius 2 is 0.707 bits per heavy atom. The zero-order chi connectivity index (χ0) is 39.2. The molecule has 58 heavy (non-hydrogen) atoms. The Balaban J connectivity index is 0.000000543. The molecule has 6 aromatic carbocycles. The fourth-order valence-electron chi connectivity index (χ4n) is 5.40. The van der Waals surface area contributed by atoms with Crippen molar-refractivity contribution in [1.82, 2.24) is 0 Å². The van der Waals surface area contributed by atoms with Crippen LogP contribution in [0, 0.1) is 27.7 Å². The van der Waals surface area contributed by atoms with Crippen LogP contribution in [0.1, 0.15) is 47.2 Å². The summed E-state index contributed by atoms with van der Waals surface area (Å²) in [5.74, 6) is 0. The van der Waals surface area contributed by atoms with Crippen molar-refractivity contribution in [2.24, 2.45) is 0 Å². The van der Waals surface area contributed by atoms with Crippen molar-refractivity contribution in [3.05, 3.63) is 165 Å². The van der Waals surface area contributed by atoms with E-state index in [1.807, 2.05) is 151 Å². The van der Waals surface area contributed by atoms with Crippen LogP contribution in [-0.2, 0) is 149 Å². The Morgan fingerprint density at radius 3 is 1.02 bits per heavy atom. The average molecular weight is 1160 g/mol. The molecule has 0 unspecified atom stereocenters. The molecule has 4 radical (unpaired) electrons. The first-order valence-electron chi connectivity index (χ1n) is 16.8. The summed E-state index contributed by atoms with van der Waals surface area (Å²) >= 11 is 2.40. The van der Waals surface area contributed by atoms with Crippen LogP contribution in [0.25, 0.3) is 32.7 Å². The Morgan fingerprint density at radius 1 is 0.431 bits per heavy atom. The van der Waals surface area contributed by atoms with Crippen LogP contribution in [0.4, 0.5) is 0 Å². The monoisotopic (exact) mass is 1160 g/mol. The van der Waals surface area contributed by atoms with Gasteiger partial charge in [0.15, 0.2) is 10.2 Å². The number of fused-ring (bicyclic) bond motifs is 2. The van der Waals surface area contributed by atoms with Crippen LogP contribution in [0.2, 0.25) is 0 Å². The maximum absolute atomic E-state index is 11.5. The molecular formula is C42H42O8P2S2Y4. The summed E-state index contributed by atoms with van der Waals surface area (Å²) in [6.07, 6.45) is 0. The summed E-state index contributed by atoms with van der Waals surface area (Å²) < 4.78 is 33.0. The molecule has 0 aliphatic heterocycles. The van der Waals surface area contributed by atoms with E-state index in [1.54, 1.807) is 0 Å². The van der Waals surface area contributed by atoms with Gasteiger partial charge in [-0.3, -0.25) is 19.6 Å². The zero-order valence-electron chi connectivity index (χ0n) is 33.0. The molecule has 0 saturated carbocycles. The molecule has 0 heterocycles. The number of rotatable bonds is 10. The van der Waals surface area contributed by atoms with Gasteiger partial charge >= 0.3 is 15.6 Å². The minimum atomic E-state index is -4.68. The van der Waals surface area contributed by atoms with E-state index in [2.05, 4.69) is 12.1 Å². The predicted octanol–water partition coefficient (Wildman–Crippen LogP) is 12.1. The molecule has 0 amide bonds. The number of phosphoric acid groups is 2. The second-order valence-electron chi connectivity index (χ2n) is 12.9.